The average Bonchev–Trinajstić information content (AvgIpc) is 3.56. The van der Waals surface area contributed by atoms with E-state index in [2.05, 4.69) is 25.5 Å². The smallest absolute Gasteiger partial charge is 0.339 e. The number of alkyl halides is 3. The Kier molecular flexibility index (Phi) is 6.59. The van der Waals surface area contributed by atoms with Crippen molar-refractivity contribution in [1.29, 1.82) is 0 Å². The summed E-state index contributed by atoms with van der Waals surface area (Å²) in [6.07, 6.45) is 3.45. The Bertz CT molecular complexity index is 1420. The molecule has 1 aliphatic rings. The molecule has 1 saturated heterocycles. The second-order valence-electron chi connectivity index (χ2n) is 9.08. The van der Waals surface area contributed by atoms with Crippen molar-refractivity contribution in [3.63, 3.8) is 0 Å². The van der Waals surface area contributed by atoms with Crippen molar-refractivity contribution in [2.24, 2.45) is 11.7 Å². The predicted molar refractivity (Wildman–Crippen MR) is 132 cm³/mol. The van der Waals surface area contributed by atoms with Gasteiger partial charge in [0.25, 0.3) is 5.91 Å². The predicted octanol–water partition coefficient (Wildman–Crippen LogP) is 4.26. The van der Waals surface area contributed by atoms with Gasteiger partial charge < -0.3 is 16.0 Å². The second kappa shape index (κ2) is 9.85. The van der Waals surface area contributed by atoms with Gasteiger partial charge in [-0.1, -0.05) is 6.92 Å². The van der Waals surface area contributed by atoms with E-state index in [0.717, 1.165) is 18.4 Å². The molecule has 1 fully saturated rings. The number of aromatic nitrogens is 5. The Balaban J connectivity index is 1.41. The number of aromatic amines is 1. The van der Waals surface area contributed by atoms with E-state index in [0.29, 0.717) is 54.7 Å². The zero-order valence-corrected chi connectivity index (χ0v) is 20.2. The third-order valence-corrected chi connectivity index (χ3v) is 6.83. The molecule has 5 rings (SSSR count). The molecular weight excluding hydrogens is 485 g/mol. The summed E-state index contributed by atoms with van der Waals surface area (Å²) in [6, 6.07) is 5.50. The van der Waals surface area contributed by atoms with Crippen molar-refractivity contribution < 1.29 is 18.0 Å². The lowest BCUT2D eigenvalue weighted by Gasteiger charge is -2.32. The normalized spacial score (nSPS) is 14.9. The zero-order chi connectivity index (χ0) is 26.2. The summed E-state index contributed by atoms with van der Waals surface area (Å²) in [4.78, 5) is 23.7. The molecule has 4 N–H and O–H groups in total. The van der Waals surface area contributed by atoms with Gasteiger partial charge in [-0.2, -0.15) is 18.3 Å². The Morgan fingerprint density at radius 2 is 2.03 bits per heavy atom. The van der Waals surface area contributed by atoms with Crippen molar-refractivity contribution in [3.8, 4) is 11.3 Å². The summed E-state index contributed by atoms with van der Waals surface area (Å²) in [5.74, 6) is 0.849. The van der Waals surface area contributed by atoms with Crippen LogP contribution in [0.1, 0.15) is 41.4 Å². The quantitative estimate of drug-likeness (QED) is 0.356. The lowest BCUT2D eigenvalue weighted by Crippen LogP contribution is -2.40. The van der Waals surface area contributed by atoms with Gasteiger partial charge in [0.2, 0.25) is 0 Å². The number of benzene rings is 1. The summed E-state index contributed by atoms with van der Waals surface area (Å²) < 4.78 is 41.7. The molecule has 1 aliphatic heterocycles. The number of amides is 1. The molecule has 0 bridgehead atoms. The van der Waals surface area contributed by atoms with Crippen LogP contribution in [0.15, 0.2) is 43.0 Å². The number of carbonyl (C=O) groups excluding carboxylic acids is 1. The molecule has 0 aliphatic carbocycles. The Hall–Kier alpha value is -3.93. The van der Waals surface area contributed by atoms with E-state index in [9.17, 15) is 18.0 Å². The van der Waals surface area contributed by atoms with Crippen LogP contribution in [-0.2, 0) is 12.6 Å². The van der Waals surface area contributed by atoms with Crippen LogP contribution in [0.5, 0.6) is 0 Å². The van der Waals surface area contributed by atoms with Gasteiger partial charge in [-0.3, -0.25) is 14.3 Å². The molecule has 1 amide bonds. The van der Waals surface area contributed by atoms with E-state index >= 15 is 0 Å². The van der Waals surface area contributed by atoms with Gasteiger partial charge in [-0.05, 0) is 55.5 Å². The largest absolute Gasteiger partial charge is 0.435 e. The number of likely N-dealkylation sites (tertiary alicyclic amines) is 1. The number of piperidine rings is 1. The molecule has 3 aromatic heterocycles. The standard InChI is InChI=1S/C25H27F3N8O/c1-2-16-11-17(3-4-18(16)24(37)35-8-5-15(12-29)6-9-35)33-22-23-31-14-20(36(23)10-7-30-22)19-13-32-34-21(19)25(26,27)28/h3-4,7,10-11,13-15H,2,5-6,8-9,12,29H2,1H3,(H,30,33)(H,32,34). The van der Waals surface area contributed by atoms with Crippen LogP contribution in [-0.4, -0.2) is 55.0 Å². The third-order valence-electron chi connectivity index (χ3n) is 6.83. The number of aryl methyl sites for hydroxylation is 1. The number of imidazole rings is 1. The number of fused-ring (bicyclic) bond motifs is 1. The Morgan fingerprint density at radius 3 is 2.73 bits per heavy atom. The number of rotatable bonds is 6. The second-order valence-corrected chi connectivity index (χ2v) is 9.08. The summed E-state index contributed by atoms with van der Waals surface area (Å²) in [7, 11) is 0. The fourth-order valence-corrected chi connectivity index (χ4v) is 4.76. The molecule has 37 heavy (non-hydrogen) atoms. The maximum atomic E-state index is 13.4. The minimum absolute atomic E-state index is 0.0116. The number of anilines is 2. The highest BCUT2D eigenvalue weighted by Crippen LogP contribution is 2.36. The third kappa shape index (κ3) is 4.76. The first-order valence-electron chi connectivity index (χ1n) is 12.1. The number of nitrogens with zero attached hydrogens (tertiary/aromatic N) is 5. The van der Waals surface area contributed by atoms with Gasteiger partial charge in [0, 0.05) is 42.9 Å². The number of carbonyl (C=O) groups is 1. The summed E-state index contributed by atoms with van der Waals surface area (Å²) in [6.45, 7) is 4.03. The molecule has 0 radical (unpaired) electrons. The minimum atomic E-state index is -4.61. The molecule has 194 valence electrons. The van der Waals surface area contributed by atoms with Gasteiger partial charge in [0.1, 0.15) is 0 Å². The van der Waals surface area contributed by atoms with Crippen LogP contribution < -0.4 is 11.1 Å². The van der Waals surface area contributed by atoms with E-state index in [1.54, 1.807) is 18.3 Å². The van der Waals surface area contributed by atoms with Gasteiger partial charge >= 0.3 is 6.18 Å². The van der Waals surface area contributed by atoms with Crippen molar-refractivity contribution >= 4 is 23.1 Å². The highest BCUT2D eigenvalue weighted by molar-refractivity contribution is 5.96. The lowest BCUT2D eigenvalue weighted by molar-refractivity contribution is -0.140. The van der Waals surface area contributed by atoms with E-state index in [4.69, 9.17) is 5.73 Å². The fraction of sp³-hybridized carbons (Fsp3) is 0.360. The van der Waals surface area contributed by atoms with Crippen LogP contribution in [0.25, 0.3) is 16.9 Å². The van der Waals surface area contributed by atoms with Crippen LogP contribution in [0.2, 0.25) is 0 Å². The van der Waals surface area contributed by atoms with Crippen molar-refractivity contribution in [1.82, 2.24) is 29.5 Å². The van der Waals surface area contributed by atoms with Gasteiger partial charge in [-0.25, -0.2) is 9.97 Å². The monoisotopic (exact) mass is 512 g/mol. The van der Waals surface area contributed by atoms with Crippen LogP contribution in [0, 0.1) is 5.92 Å². The van der Waals surface area contributed by atoms with Crippen molar-refractivity contribution in [2.45, 2.75) is 32.4 Å². The highest BCUT2D eigenvalue weighted by Gasteiger charge is 2.37. The highest BCUT2D eigenvalue weighted by atomic mass is 19.4. The number of nitrogens with one attached hydrogen (secondary N) is 2. The average molecular weight is 513 g/mol. The van der Waals surface area contributed by atoms with E-state index in [1.807, 2.05) is 17.9 Å². The molecule has 0 spiro atoms. The number of halogens is 3. The van der Waals surface area contributed by atoms with Crippen molar-refractivity contribution in [2.75, 3.05) is 25.0 Å². The maximum absolute atomic E-state index is 13.4. The fourth-order valence-electron chi connectivity index (χ4n) is 4.76. The number of hydrogen-bond acceptors (Lipinski definition) is 6. The molecule has 0 atom stereocenters. The molecule has 9 nitrogen and oxygen atoms in total. The Morgan fingerprint density at radius 1 is 1.24 bits per heavy atom. The molecular formula is C25H27F3N8O. The summed E-state index contributed by atoms with van der Waals surface area (Å²) >= 11 is 0. The van der Waals surface area contributed by atoms with Crippen LogP contribution in [0.4, 0.5) is 24.7 Å². The minimum Gasteiger partial charge on any atom is -0.339 e. The molecule has 12 heteroatoms. The number of nitrogens with two attached hydrogens (primary N) is 1. The first-order chi connectivity index (χ1) is 17.8. The van der Waals surface area contributed by atoms with Gasteiger partial charge in [-0.15, -0.1) is 0 Å². The van der Waals surface area contributed by atoms with E-state index in [1.165, 1.54) is 23.0 Å². The maximum Gasteiger partial charge on any atom is 0.435 e. The number of H-pyrrole nitrogens is 1. The lowest BCUT2D eigenvalue weighted by atomic mass is 9.95. The topological polar surface area (TPSA) is 117 Å². The first kappa shape index (κ1) is 24.8. The zero-order valence-electron chi connectivity index (χ0n) is 20.2. The SMILES string of the molecule is CCc1cc(Nc2nccn3c(-c4c[nH]nc4C(F)(F)F)cnc23)ccc1C(=O)N1CCC(CN)CC1. The molecule has 1 aromatic carbocycles. The van der Waals surface area contributed by atoms with Crippen LogP contribution >= 0.6 is 0 Å². The van der Waals surface area contributed by atoms with Crippen molar-refractivity contribution in [3.05, 3.63) is 59.8 Å². The van der Waals surface area contributed by atoms with Gasteiger partial charge in [0.05, 0.1) is 17.5 Å². The molecule has 4 heterocycles. The summed E-state index contributed by atoms with van der Waals surface area (Å²) in [5.41, 5.74) is 7.48. The van der Waals surface area contributed by atoms with E-state index in [-0.39, 0.29) is 17.2 Å². The number of hydrogen-bond donors (Lipinski definition) is 3. The Labute approximate surface area is 210 Å². The first-order valence-corrected chi connectivity index (χ1v) is 12.1. The summed E-state index contributed by atoms with van der Waals surface area (Å²) in [5, 5.41) is 8.86. The molecule has 4 aromatic rings. The van der Waals surface area contributed by atoms with Gasteiger partial charge in [0.15, 0.2) is 17.2 Å². The van der Waals surface area contributed by atoms with Crippen LogP contribution in [0.3, 0.4) is 0 Å². The van der Waals surface area contributed by atoms with E-state index < -0.39 is 11.9 Å². The molecule has 0 saturated carbocycles. The molecule has 0 unspecified atom stereocenters.